The summed E-state index contributed by atoms with van der Waals surface area (Å²) in [5, 5.41) is 10.4. The van der Waals surface area contributed by atoms with Crippen molar-refractivity contribution in [3.8, 4) is 0 Å². The van der Waals surface area contributed by atoms with Crippen molar-refractivity contribution in [1.29, 1.82) is 0 Å². The molecule has 2 heterocycles. The van der Waals surface area contributed by atoms with E-state index >= 15 is 0 Å². The van der Waals surface area contributed by atoms with Crippen LogP contribution in [0.3, 0.4) is 0 Å². The average molecular weight is 425 g/mol. The standard InChI is InChI=1S/C25H20FN5O/c1-16-11-13-18(14-12-16)22-15-21(17-7-3-2-4-8-17)27-25-29-24(30-31(22)25)28-23(32)19-9-5-6-10-20(19)26/h2-15,22H,1H3,(H2,27,28,29,30,32)/t22-/m0/s1. The highest BCUT2D eigenvalue weighted by atomic mass is 19.1. The minimum absolute atomic E-state index is 0.0635. The third-order valence-electron chi connectivity index (χ3n) is 5.31. The van der Waals surface area contributed by atoms with E-state index in [1.165, 1.54) is 18.2 Å². The van der Waals surface area contributed by atoms with Gasteiger partial charge in [-0.1, -0.05) is 72.3 Å². The van der Waals surface area contributed by atoms with Crippen molar-refractivity contribution in [1.82, 2.24) is 14.8 Å². The predicted molar refractivity (Wildman–Crippen MR) is 122 cm³/mol. The molecule has 2 N–H and O–H groups in total. The van der Waals surface area contributed by atoms with Crippen molar-refractivity contribution in [2.75, 3.05) is 10.6 Å². The third-order valence-corrected chi connectivity index (χ3v) is 5.31. The summed E-state index contributed by atoms with van der Waals surface area (Å²) in [7, 11) is 0. The van der Waals surface area contributed by atoms with Crippen molar-refractivity contribution in [3.63, 3.8) is 0 Å². The second-order valence-corrected chi connectivity index (χ2v) is 7.56. The summed E-state index contributed by atoms with van der Waals surface area (Å²) in [5.41, 5.74) is 4.03. The Kier molecular flexibility index (Phi) is 4.99. The first kappa shape index (κ1) is 19.7. The van der Waals surface area contributed by atoms with Crippen LogP contribution in [-0.4, -0.2) is 20.7 Å². The summed E-state index contributed by atoms with van der Waals surface area (Å²) in [5.74, 6) is -0.617. The zero-order chi connectivity index (χ0) is 22.1. The maximum atomic E-state index is 14.0. The number of halogens is 1. The van der Waals surface area contributed by atoms with Crippen LogP contribution in [0.2, 0.25) is 0 Å². The second-order valence-electron chi connectivity index (χ2n) is 7.56. The van der Waals surface area contributed by atoms with Gasteiger partial charge in [-0.15, -0.1) is 5.10 Å². The number of nitrogens with zero attached hydrogens (tertiary/aromatic N) is 3. The van der Waals surface area contributed by atoms with Crippen molar-refractivity contribution < 1.29 is 9.18 Å². The lowest BCUT2D eigenvalue weighted by atomic mass is 10.0. The number of carbonyl (C=O) groups excluding carboxylic acids is 1. The Bertz CT molecular complexity index is 1310. The van der Waals surface area contributed by atoms with Gasteiger partial charge in [-0.25, -0.2) is 9.07 Å². The summed E-state index contributed by atoms with van der Waals surface area (Å²) in [4.78, 5) is 17.0. The van der Waals surface area contributed by atoms with E-state index in [0.717, 1.165) is 22.4 Å². The molecule has 5 rings (SSSR count). The molecule has 32 heavy (non-hydrogen) atoms. The highest BCUT2D eigenvalue weighted by Gasteiger charge is 2.26. The monoisotopic (exact) mass is 425 g/mol. The fourth-order valence-electron chi connectivity index (χ4n) is 3.65. The number of fused-ring (bicyclic) bond motifs is 1. The number of benzene rings is 3. The van der Waals surface area contributed by atoms with Gasteiger partial charge in [0.2, 0.25) is 5.95 Å². The Balaban J connectivity index is 1.52. The molecule has 0 spiro atoms. The average Bonchev–Trinajstić information content (AvgIpc) is 3.22. The number of carbonyl (C=O) groups is 1. The second kappa shape index (κ2) is 8.11. The Labute approximate surface area is 184 Å². The lowest BCUT2D eigenvalue weighted by Crippen LogP contribution is -2.20. The van der Waals surface area contributed by atoms with Crippen molar-refractivity contribution in [2.45, 2.75) is 13.0 Å². The molecule has 158 valence electrons. The maximum absolute atomic E-state index is 14.0. The number of nitrogens with one attached hydrogen (secondary N) is 2. The molecule has 0 saturated carbocycles. The summed E-state index contributed by atoms with van der Waals surface area (Å²) >= 11 is 0. The van der Waals surface area contributed by atoms with Gasteiger partial charge in [0.15, 0.2) is 0 Å². The third kappa shape index (κ3) is 3.76. The fraction of sp³-hybridized carbons (Fsp3) is 0.0800. The first-order valence-corrected chi connectivity index (χ1v) is 10.2. The van der Waals surface area contributed by atoms with Crippen molar-refractivity contribution in [3.05, 3.63) is 113 Å². The number of rotatable bonds is 4. The van der Waals surface area contributed by atoms with Gasteiger partial charge in [0.05, 0.1) is 5.56 Å². The Hall–Kier alpha value is -4.26. The highest BCUT2D eigenvalue weighted by molar-refractivity contribution is 6.03. The molecule has 1 aromatic heterocycles. The SMILES string of the molecule is Cc1ccc([C@@H]2C=C(c3ccccc3)Nc3nc(NC(=O)c4ccccc4F)nn32)cc1. The van der Waals surface area contributed by atoms with Crippen molar-refractivity contribution in [2.24, 2.45) is 0 Å². The fourth-order valence-corrected chi connectivity index (χ4v) is 3.65. The van der Waals surface area contributed by atoms with Gasteiger partial charge in [0.25, 0.3) is 11.9 Å². The Morgan fingerprint density at radius 2 is 1.72 bits per heavy atom. The van der Waals surface area contributed by atoms with Gasteiger partial charge in [0, 0.05) is 5.70 Å². The van der Waals surface area contributed by atoms with E-state index in [9.17, 15) is 9.18 Å². The number of hydrogen-bond donors (Lipinski definition) is 2. The minimum atomic E-state index is -0.603. The lowest BCUT2D eigenvalue weighted by Gasteiger charge is -2.24. The van der Waals surface area contributed by atoms with Crippen LogP contribution < -0.4 is 10.6 Å². The molecule has 0 saturated heterocycles. The van der Waals surface area contributed by atoms with Gasteiger partial charge in [-0.2, -0.15) is 4.98 Å². The van der Waals surface area contributed by atoms with E-state index in [0.29, 0.717) is 5.95 Å². The van der Waals surface area contributed by atoms with Crippen LogP contribution in [0.15, 0.2) is 84.9 Å². The van der Waals surface area contributed by atoms with Crippen LogP contribution >= 0.6 is 0 Å². The molecule has 1 aliphatic heterocycles. The van der Waals surface area contributed by atoms with Crippen LogP contribution in [0.4, 0.5) is 16.3 Å². The smallest absolute Gasteiger partial charge is 0.261 e. The molecule has 0 bridgehead atoms. The number of allylic oxidation sites excluding steroid dienone is 1. The molecular formula is C25H20FN5O. The number of hydrogen-bond acceptors (Lipinski definition) is 4. The predicted octanol–water partition coefficient (Wildman–Crippen LogP) is 5.03. The number of aromatic nitrogens is 3. The zero-order valence-corrected chi connectivity index (χ0v) is 17.3. The zero-order valence-electron chi connectivity index (χ0n) is 17.3. The summed E-state index contributed by atoms with van der Waals surface area (Å²) in [6.45, 7) is 2.04. The minimum Gasteiger partial charge on any atom is -0.324 e. The van der Waals surface area contributed by atoms with E-state index in [1.54, 1.807) is 10.7 Å². The molecule has 1 aliphatic rings. The Morgan fingerprint density at radius 3 is 2.47 bits per heavy atom. The quantitative estimate of drug-likeness (QED) is 0.481. The molecule has 0 radical (unpaired) electrons. The van der Waals surface area contributed by atoms with Gasteiger partial charge in [-0.05, 0) is 36.3 Å². The number of anilines is 2. The number of aryl methyl sites for hydroxylation is 1. The molecule has 0 fully saturated rings. The molecule has 6 nitrogen and oxygen atoms in total. The molecule has 3 aromatic carbocycles. The topological polar surface area (TPSA) is 71.8 Å². The van der Waals surface area contributed by atoms with E-state index in [2.05, 4.69) is 26.8 Å². The number of amides is 1. The van der Waals surface area contributed by atoms with Gasteiger partial charge in [-0.3, -0.25) is 10.1 Å². The maximum Gasteiger partial charge on any atom is 0.261 e. The molecular weight excluding hydrogens is 405 g/mol. The molecule has 1 atom stereocenters. The summed E-state index contributed by atoms with van der Waals surface area (Å²) in [6, 6.07) is 23.7. The van der Waals surface area contributed by atoms with E-state index in [4.69, 9.17) is 0 Å². The van der Waals surface area contributed by atoms with E-state index < -0.39 is 11.7 Å². The van der Waals surface area contributed by atoms with Gasteiger partial charge < -0.3 is 5.32 Å². The molecule has 0 unspecified atom stereocenters. The van der Waals surface area contributed by atoms with Crippen LogP contribution in [-0.2, 0) is 0 Å². The van der Waals surface area contributed by atoms with Gasteiger partial charge in [0.1, 0.15) is 11.9 Å². The largest absolute Gasteiger partial charge is 0.324 e. The summed E-state index contributed by atoms with van der Waals surface area (Å²) < 4.78 is 15.7. The highest BCUT2D eigenvalue weighted by Crippen LogP contribution is 2.33. The first-order chi connectivity index (χ1) is 15.6. The summed E-state index contributed by atoms with van der Waals surface area (Å²) in [6.07, 6.45) is 2.07. The Morgan fingerprint density at radius 1 is 1.00 bits per heavy atom. The van der Waals surface area contributed by atoms with E-state index in [1.807, 2.05) is 61.5 Å². The molecule has 0 aliphatic carbocycles. The first-order valence-electron chi connectivity index (χ1n) is 10.2. The van der Waals surface area contributed by atoms with Crippen molar-refractivity contribution >= 4 is 23.5 Å². The normalized spacial score (nSPS) is 14.8. The van der Waals surface area contributed by atoms with E-state index in [-0.39, 0.29) is 17.6 Å². The van der Waals surface area contributed by atoms with Crippen LogP contribution in [0.5, 0.6) is 0 Å². The van der Waals surface area contributed by atoms with Crippen LogP contribution in [0.1, 0.15) is 33.1 Å². The molecule has 4 aromatic rings. The van der Waals surface area contributed by atoms with Crippen LogP contribution in [0, 0.1) is 12.7 Å². The van der Waals surface area contributed by atoms with Crippen LogP contribution in [0.25, 0.3) is 5.70 Å². The van der Waals surface area contributed by atoms with Gasteiger partial charge >= 0.3 is 0 Å². The molecule has 1 amide bonds. The lowest BCUT2D eigenvalue weighted by molar-refractivity contribution is 0.102. The molecule has 7 heteroatoms.